The van der Waals surface area contributed by atoms with Crippen LogP contribution in [0.4, 0.5) is 0 Å². The molecule has 5 heteroatoms. The first kappa shape index (κ1) is 18.0. The van der Waals surface area contributed by atoms with Crippen LogP contribution in [0, 0.1) is 0 Å². The number of hydrogen-bond acceptors (Lipinski definition) is 3. The summed E-state index contributed by atoms with van der Waals surface area (Å²) in [6, 6.07) is 7.94. The molecule has 0 radical (unpaired) electrons. The summed E-state index contributed by atoms with van der Waals surface area (Å²) in [6.45, 7) is 3.31. The van der Waals surface area contributed by atoms with Crippen LogP contribution in [0.3, 0.4) is 0 Å². The first-order chi connectivity index (χ1) is 9.69. The summed E-state index contributed by atoms with van der Waals surface area (Å²) in [5.41, 5.74) is 7.81. The molecule has 1 saturated heterocycles. The molecule has 1 aromatic carbocycles. The Bertz CT molecular complexity index is 450. The van der Waals surface area contributed by atoms with E-state index in [1.807, 2.05) is 29.2 Å². The van der Waals surface area contributed by atoms with E-state index in [1.165, 1.54) is 5.56 Å². The van der Waals surface area contributed by atoms with E-state index in [0.29, 0.717) is 13.1 Å². The van der Waals surface area contributed by atoms with Gasteiger partial charge in [-0.15, -0.1) is 12.4 Å². The van der Waals surface area contributed by atoms with Crippen LogP contribution in [0.5, 0.6) is 0 Å². The molecule has 118 valence electrons. The van der Waals surface area contributed by atoms with E-state index < -0.39 is 0 Å². The molecule has 2 atom stereocenters. The van der Waals surface area contributed by atoms with E-state index >= 15 is 0 Å². The lowest BCUT2D eigenvalue weighted by atomic mass is 9.98. The molecule has 4 nitrogen and oxygen atoms in total. The molecular weight excluding hydrogens is 288 g/mol. The lowest BCUT2D eigenvalue weighted by molar-refractivity contribution is 0.0139. The van der Waals surface area contributed by atoms with Crippen LogP contribution in [-0.2, 0) is 11.2 Å². The van der Waals surface area contributed by atoms with E-state index in [1.54, 1.807) is 7.11 Å². The third kappa shape index (κ3) is 4.19. The Kier molecular flexibility index (Phi) is 7.15. The number of nitrogens with zero attached hydrogens (tertiary/aromatic N) is 1. The molecule has 2 unspecified atom stereocenters. The van der Waals surface area contributed by atoms with E-state index in [0.717, 1.165) is 24.8 Å². The molecule has 1 aliphatic heterocycles. The van der Waals surface area contributed by atoms with Crippen molar-refractivity contribution in [1.82, 2.24) is 4.90 Å². The summed E-state index contributed by atoms with van der Waals surface area (Å²) in [4.78, 5) is 14.5. The van der Waals surface area contributed by atoms with Gasteiger partial charge in [-0.25, -0.2) is 0 Å². The minimum atomic E-state index is 0. The van der Waals surface area contributed by atoms with Gasteiger partial charge in [-0.2, -0.15) is 0 Å². The second-order valence-corrected chi connectivity index (χ2v) is 5.32. The van der Waals surface area contributed by atoms with Gasteiger partial charge in [0.2, 0.25) is 0 Å². The van der Waals surface area contributed by atoms with Gasteiger partial charge in [0.05, 0.1) is 6.10 Å². The number of methoxy groups -OCH3 is 1. The van der Waals surface area contributed by atoms with Crippen LogP contribution in [0.1, 0.15) is 35.7 Å². The molecule has 0 aromatic heterocycles. The third-order valence-corrected chi connectivity index (χ3v) is 4.14. The van der Waals surface area contributed by atoms with E-state index in [-0.39, 0.29) is 30.5 Å². The SMILES string of the molecule is CCc1ccc(C(=O)N2CCC(OC)CC2CN)cc1.Cl. The second-order valence-electron chi connectivity index (χ2n) is 5.32. The van der Waals surface area contributed by atoms with E-state index in [2.05, 4.69) is 6.92 Å². The number of piperidine rings is 1. The molecule has 1 aliphatic rings. The Morgan fingerprint density at radius 3 is 2.57 bits per heavy atom. The maximum atomic E-state index is 12.6. The molecule has 2 N–H and O–H groups in total. The maximum absolute atomic E-state index is 12.6. The second kappa shape index (κ2) is 8.37. The molecule has 21 heavy (non-hydrogen) atoms. The summed E-state index contributed by atoms with van der Waals surface area (Å²) in [6.07, 6.45) is 2.91. The number of halogens is 1. The minimum absolute atomic E-state index is 0. The molecule has 0 aliphatic carbocycles. The van der Waals surface area contributed by atoms with Gasteiger partial charge < -0.3 is 15.4 Å². The average Bonchev–Trinajstić information content (AvgIpc) is 2.53. The van der Waals surface area contributed by atoms with Crippen LogP contribution in [0.2, 0.25) is 0 Å². The Labute approximate surface area is 133 Å². The van der Waals surface area contributed by atoms with Crippen molar-refractivity contribution in [2.45, 2.75) is 38.3 Å². The predicted octanol–water partition coefficient (Wildman–Crippen LogP) is 2.25. The molecule has 1 fully saturated rings. The number of hydrogen-bond donors (Lipinski definition) is 1. The van der Waals surface area contributed by atoms with Gasteiger partial charge in [-0.3, -0.25) is 4.79 Å². The first-order valence-electron chi connectivity index (χ1n) is 7.32. The van der Waals surface area contributed by atoms with Crippen LogP contribution in [0.15, 0.2) is 24.3 Å². The van der Waals surface area contributed by atoms with E-state index in [9.17, 15) is 4.79 Å². The average molecular weight is 313 g/mol. The number of aryl methyl sites for hydroxylation is 1. The van der Waals surface area contributed by atoms with Gasteiger partial charge in [-0.1, -0.05) is 19.1 Å². The Hall–Kier alpha value is -1.10. The van der Waals surface area contributed by atoms with Crippen molar-refractivity contribution in [1.29, 1.82) is 0 Å². The van der Waals surface area contributed by atoms with Crippen molar-refractivity contribution < 1.29 is 9.53 Å². The Morgan fingerprint density at radius 1 is 1.38 bits per heavy atom. The fourth-order valence-corrected chi connectivity index (χ4v) is 2.77. The number of amides is 1. The molecule has 0 saturated carbocycles. The van der Waals surface area contributed by atoms with Crippen LogP contribution >= 0.6 is 12.4 Å². The number of carbonyl (C=O) groups excluding carboxylic acids is 1. The van der Waals surface area contributed by atoms with Gasteiger partial charge in [0.15, 0.2) is 0 Å². The smallest absolute Gasteiger partial charge is 0.254 e. The van der Waals surface area contributed by atoms with Crippen molar-refractivity contribution in [3.8, 4) is 0 Å². The highest BCUT2D eigenvalue weighted by Gasteiger charge is 2.31. The number of carbonyl (C=O) groups is 1. The van der Waals surface area contributed by atoms with Crippen molar-refractivity contribution in [2.75, 3.05) is 20.2 Å². The summed E-state index contributed by atoms with van der Waals surface area (Å²) in [7, 11) is 1.72. The molecule has 0 spiro atoms. The fourth-order valence-electron chi connectivity index (χ4n) is 2.77. The number of ether oxygens (including phenoxy) is 1. The zero-order valence-electron chi connectivity index (χ0n) is 12.7. The molecule has 1 heterocycles. The highest BCUT2D eigenvalue weighted by molar-refractivity contribution is 5.94. The molecule has 0 bridgehead atoms. The lowest BCUT2D eigenvalue weighted by Gasteiger charge is -2.38. The first-order valence-corrected chi connectivity index (χ1v) is 7.32. The van der Waals surface area contributed by atoms with Crippen molar-refractivity contribution >= 4 is 18.3 Å². The van der Waals surface area contributed by atoms with Crippen LogP contribution < -0.4 is 5.73 Å². The zero-order valence-corrected chi connectivity index (χ0v) is 13.6. The maximum Gasteiger partial charge on any atom is 0.254 e. The Morgan fingerprint density at radius 2 is 2.05 bits per heavy atom. The molecule has 2 rings (SSSR count). The van der Waals surface area contributed by atoms with Gasteiger partial charge in [-0.05, 0) is 37.0 Å². The van der Waals surface area contributed by atoms with Gasteiger partial charge >= 0.3 is 0 Å². The van der Waals surface area contributed by atoms with Gasteiger partial charge in [0.1, 0.15) is 0 Å². The van der Waals surface area contributed by atoms with E-state index in [4.69, 9.17) is 10.5 Å². The molecular formula is C16H25ClN2O2. The monoisotopic (exact) mass is 312 g/mol. The van der Waals surface area contributed by atoms with Crippen molar-refractivity contribution in [3.05, 3.63) is 35.4 Å². The summed E-state index contributed by atoms with van der Waals surface area (Å²) in [5, 5.41) is 0. The molecule has 1 amide bonds. The Balaban J connectivity index is 0.00000220. The minimum Gasteiger partial charge on any atom is -0.381 e. The van der Waals surface area contributed by atoms with Gasteiger partial charge in [0.25, 0.3) is 5.91 Å². The zero-order chi connectivity index (χ0) is 14.5. The summed E-state index contributed by atoms with van der Waals surface area (Å²) >= 11 is 0. The topological polar surface area (TPSA) is 55.6 Å². The third-order valence-electron chi connectivity index (χ3n) is 4.14. The summed E-state index contributed by atoms with van der Waals surface area (Å²) in [5.74, 6) is 0.0812. The quantitative estimate of drug-likeness (QED) is 0.927. The molecule has 1 aromatic rings. The number of likely N-dealkylation sites (tertiary alicyclic amines) is 1. The van der Waals surface area contributed by atoms with Crippen molar-refractivity contribution in [2.24, 2.45) is 5.73 Å². The normalized spacial score (nSPS) is 21.8. The van der Waals surface area contributed by atoms with Crippen LogP contribution in [-0.4, -0.2) is 43.2 Å². The largest absolute Gasteiger partial charge is 0.381 e. The number of benzene rings is 1. The fraction of sp³-hybridized carbons (Fsp3) is 0.562. The summed E-state index contributed by atoms with van der Waals surface area (Å²) < 4.78 is 5.39. The number of nitrogens with two attached hydrogens (primary N) is 1. The lowest BCUT2D eigenvalue weighted by Crippen LogP contribution is -2.51. The standard InChI is InChI=1S/C16H24N2O2.ClH/c1-3-12-4-6-13(7-5-12)16(19)18-9-8-15(20-2)10-14(18)11-17;/h4-7,14-15H,3,8-11,17H2,1-2H3;1H. The number of rotatable bonds is 4. The van der Waals surface area contributed by atoms with Gasteiger partial charge in [0, 0.05) is 31.8 Å². The highest BCUT2D eigenvalue weighted by atomic mass is 35.5. The predicted molar refractivity (Wildman–Crippen MR) is 87.0 cm³/mol. The van der Waals surface area contributed by atoms with Crippen molar-refractivity contribution in [3.63, 3.8) is 0 Å². The highest BCUT2D eigenvalue weighted by Crippen LogP contribution is 2.21. The van der Waals surface area contributed by atoms with Crippen LogP contribution in [0.25, 0.3) is 0 Å².